The van der Waals surface area contributed by atoms with Crippen LogP contribution in [0.5, 0.6) is 0 Å². The first-order chi connectivity index (χ1) is 14.8. The van der Waals surface area contributed by atoms with Gasteiger partial charge in [0, 0.05) is 24.3 Å². The highest BCUT2D eigenvalue weighted by Crippen LogP contribution is 2.28. The Hall–Kier alpha value is -3.79. The number of carbonyl (C=O) groups is 2. The van der Waals surface area contributed by atoms with Crippen LogP contribution < -0.4 is 16.0 Å². The van der Waals surface area contributed by atoms with Crippen molar-refractivity contribution in [2.24, 2.45) is 0 Å². The van der Waals surface area contributed by atoms with Crippen molar-refractivity contribution < 1.29 is 22.8 Å². The maximum Gasteiger partial charge on any atom is 0.277 e. The van der Waals surface area contributed by atoms with Gasteiger partial charge in [0.1, 0.15) is 17.8 Å². The molecule has 3 rings (SSSR count). The molecule has 8 nitrogen and oxygen atoms in total. The molecule has 0 atom stereocenters. The second kappa shape index (κ2) is 9.81. The normalized spacial score (nSPS) is 10.7. The number of oxazole rings is 1. The fourth-order valence-electron chi connectivity index (χ4n) is 2.62. The van der Waals surface area contributed by atoms with Crippen molar-refractivity contribution in [1.82, 2.24) is 15.2 Å². The van der Waals surface area contributed by atoms with Crippen molar-refractivity contribution in [2.75, 3.05) is 37.8 Å². The summed E-state index contributed by atoms with van der Waals surface area (Å²) in [4.78, 5) is 29.8. The van der Waals surface area contributed by atoms with E-state index in [9.17, 15) is 18.4 Å². The van der Waals surface area contributed by atoms with E-state index in [0.29, 0.717) is 24.3 Å². The molecule has 162 valence electrons. The van der Waals surface area contributed by atoms with E-state index in [2.05, 4.69) is 20.9 Å². The van der Waals surface area contributed by atoms with Gasteiger partial charge < -0.3 is 25.3 Å². The van der Waals surface area contributed by atoms with E-state index in [1.54, 1.807) is 24.3 Å². The third-order valence-electron chi connectivity index (χ3n) is 4.27. The van der Waals surface area contributed by atoms with Crippen molar-refractivity contribution >= 4 is 28.9 Å². The van der Waals surface area contributed by atoms with Crippen molar-refractivity contribution in [3.05, 3.63) is 71.9 Å². The summed E-state index contributed by atoms with van der Waals surface area (Å²) in [5, 5.41) is 7.75. The van der Waals surface area contributed by atoms with E-state index >= 15 is 0 Å². The first-order valence-corrected chi connectivity index (χ1v) is 9.32. The molecule has 0 radical (unpaired) electrons. The average Bonchev–Trinajstić information content (AvgIpc) is 3.28. The molecule has 10 heteroatoms. The highest BCUT2D eigenvalue weighted by atomic mass is 19.1. The van der Waals surface area contributed by atoms with Gasteiger partial charge in [-0.1, -0.05) is 0 Å². The molecule has 0 saturated heterocycles. The molecule has 0 aliphatic heterocycles. The Kier molecular flexibility index (Phi) is 6.93. The van der Waals surface area contributed by atoms with Gasteiger partial charge in [-0.2, -0.15) is 0 Å². The van der Waals surface area contributed by atoms with Crippen LogP contribution in [-0.2, 0) is 0 Å². The van der Waals surface area contributed by atoms with Crippen molar-refractivity contribution in [2.45, 2.75) is 0 Å². The maximum absolute atomic E-state index is 14.8. The van der Waals surface area contributed by atoms with Gasteiger partial charge in [-0.05, 0) is 50.5 Å². The molecule has 2 amide bonds. The molecule has 1 aromatic heterocycles. The lowest BCUT2D eigenvalue weighted by Crippen LogP contribution is -2.31. The number of anilines is 3. The molecule has 0 saturated carbocycles. The zero-order valence-corrected chi connectivity index (χ0v) is 16.9. The van der Waals surface area contributed by atoms with Crippen molar-refractivity contribution in [3.8, 4) is 0 Å². The van der Waals surface area contributed by atoms with Crippen molar-refractivity contribution in [3.63, 3.8) is 0 Å². The number of likely N-dealkylation sites (N-methyl/N-ethyl adjacent to an activating group) is 1. The molecular formula is C21H21F2N5O3. The maximum atomic E-state index is 14.8. The summed E-state index contributed by atoms with van der Waals surface area (Å²) < 4.78 is 33.6. The molecule has 31 heavy (non-hydrogen) atoms. The molecule has 0 spiro atoms. The molecular weight excluding hydrogens is 408 g/mol. The lowest BCUT2D eigenvalue weighted by molar-refractivity contribution is 0.0950. The summed E-state index contributed by atoms with van der Waals surface area (Å²) in [5.74, 6) is -2.96. The predicted octanol–water partition coefficient (Wildman–Crippen LogP) is 3.24. The fraction of sp³-hybridized carbons (Fsp3) is 0.190. The summed E-state index contributed by atoms with van der Waals surface area (Å²) in [6.45, 7) is 1.22. The largest absolute Gasteiger partial charge is 0.451 e. The van der Waals surface area contributed by atoms with E-state index in [1.165, 1.54) is 6.07 Å². The molecule has 3 aromatic rings. The Morgan fingerprint density at radius 1 is 1.06 bits per heavy atom. The van der Waals surface area contributed by atoms with Crippen LogP contribution >= 0.6 is 0 Å². The highest BCUT2D eigenvalue weighted by Gasteiger charge is 2.18. The van der Waals surface area contributed by atoms with Crippen LogP contribution in [0.25, 0.3) is 0 Å². The minimum atomic E-state index is -0.984. The smallest absolute Gasteiger partial charge is 0.277 e. The molecule has 0 bridgehead atoms. The molecule has 0 unspecified atom stereocenters. The monoisotopic (exact) mass is 429 g/mol. The van der Waals surface area contributed by atoms with E-state index in [-0.39, 0.29) is 17.3 Å². The third-order valence-corrected chi connectivity index (χ3v) is 4.27. The van der Waals surface area contributed by atoms with Gasteiger partial charge in [-0.15, -0.1) is 0 Å². The third kappa shape index (κ3) is 5.64. The van der Waals surface area contributed by atoms with Gasteiger partial charge in [-0.25, -0.2) is 13.8 Å². The van der Waals surface area contributed by atoms with E-state index in [4.69, 9.17) is 4.42 Å². The molecule has 0 fully saturated rings. The summed E-state index contributed by atoms with van der Waals surface area (Å²) in [7, 11) is 3.82. The number of nitrogens with zero attached hydrogens (tertiary/aromatic N) is 2. The summed E-state index contributed by atoms with van der Waals surface area (Å²) in [6.07, 6.45) is 2.09. The molecule has 0 aliphatic rings. The standard InChI is InChI=1S/C21H21F2N5O3/c1-28(2)10-9-24-20(29)13-3-5-14(6-4-13)26-16-8-7-15(22)19(18(16)23)27-21(30)17-11-31-12-25-17/h3-8,11-12,26H,9-10H2,1-2H3,(H,24,29)(H,27,30). The van der Waals surface area contributed by atoms with Gasteiger partial charge in [0.05, 0.1) is 5.69 Å². The molecule has 0 aliphatic carbocycles. The van der Waals surface area contributed by atoms with Crippen LogP contribution in [0.2, 0.25) is 0 Å². The quantitative estimate of drug-likeness (QED) is 0.509. The van der Waals surface area contributed by atoms with Gasteiger partial charge in [0.25, 0.3) is 11.8 Å². The highest BCUT2D eigenvalue weighted by molar-refractivity contribution is 6.03. The summed E-state index contributed by atoms with van der Waals surface area (Å²) in [6, 6.07) is 8.59. The van der Waals surface area contributed by atoms with Crippen LogP contribution in [0, 0.1) is 11.6 Å². The number of carbonyl (C=O) groups excluding carboxylic acids is 2. The van der Waals surface area contributed by atoms with E-state index < -0.39 is 23.2 Å². The Labute approximate surface area is 177 Å². The average molecular weight is 429 g/mol. The number of halogens is 2. The van der Waals surface area contributed by atoms with Gasteiger partial charge >= 0.3 is 0 Å². The fourth-order valence-corrected chi connectivity index (χ4v) is 2.62. The SMILES string of the molecule is CN(C)CCNC(=O)c1ccc(Nc2ccc(F)c(NC(=O)c3cocn3)c2F)cc1. The number of nitrogens with one attached hydrogen (secondary N) is 3. The second-order valence-corrected chi connectivity index (χ2v) is 6.87. The van der Waals surface area contributed by atoms with Gasteiger partial charge in [0.15, 0.2) is 17.9 Å². The number of benzene rings is 2. The van der Waals surface area contributed by atoms with E-state index in [0.717, 1.165) is 18.7 Å². The van der Waals surface area contributed by atoms with Crippen LogP contribution in [-0.4, -0.2) is 48.9 Å². The first-order valence-electron chi connectivity index (χ1n) is 9.32. The van der Waals surface area contributed by atoms with Gasteiger partial charge in [0.2, 0.25) is 0 Å². The minimum Gasteiger partial charge on any atom is -0.451 e. The zero-order chi connectivity index (χ0) is 22.4. The zero-order valence-electron chi connectivity index (χ0n) is 16.9. The van der Waals surface area contributed by atoms with Crippen molar-refractivity contribution in [1.29, 1.82) is 0 Å². The number of hydrogen-bond donors (Lipinski definition) is 3. The van der Waals surface area contributed by atoms with Crippen LogP contribution in [0.4, 0.5) is 25.8 Å². The van der Waals surface area contributed by atoms with E-state index in [1.807, 2.05) is 19.0 Å². The minimum absolute atomic E-state index is 0.0555. The molecule has 1 heterocycles. The summed E-state index contributed by atoms with van der Waals surface area (Å²) >= 11 is 0. The molecule has 3 N–H and O–H groups in total. The Bertz CT molecular complexity index is 1050. The Morgan fingerprint density at radius 3 is 2.45 bits per heavy atom. The first kappa shape index (κ1) is 21.9. The predicted molar refractivity (Wildman–Crippen MR) is 111 cm³/mol. The Morgan fingerprint density at radius 2 is 1.81 bits per heavy atom. The van der Waals surface area contributed by atoms with Crippen LogP contribution in [0.15, 0.2) is 53.5 Å². The number of hydrogen-bond acceptors (Lipinski definition) is 6. The lowest BCUT2D eigenvalue weighted by Gasteiger charge is -2.13. The Balaban J connectivity index is 1.69. The van der Waals surface area contributed by atoms with Crippen LogP contribution in [0.3, 0.4) is 0 Å². The number of rotatable bonds is 8. The van der Waals surface area contributed by atoms with Gasteiger partial charge in [-0.3, -0.25) is 9.59 Å². The lowest BCUT2D eigenvalue weighted by atomic mass is 10.1. The van der Waals surface area contributed by atoms with Crippen LogP contribution in [0.1, 0.15) is 20.8 Å². The number of aromatic nitrogens is 1. The molecule has 2 aromatic carbocycles. The topological polar surface area (TPSA) is 99.5 Å². The number of amides is 2. The summed E-state index contributed by atoms with van der Waals surface area (Å²) in [5.41, 5.74) is 0.139. The second-order valence-electron chi connectivity index (χ2n) is 6.87.